The summed E-state index contributed by atoms with van der Waals surface area (Å²) in [6.07, 6.45) is 1.51. The quantitative estimate of drug-likeness (QED) is 0.546. The first-order chi connectivity index (χ1) is 13.5. The van der Waals surface area contributed by atoms with Crippen molar-refractivity contribution in [2.45, 2.75) is 19.9 Å². The Hall–Kier alpha value is -3.59. The van der Waals surface area contributed by atoms with E-state index in [4.69, 9.17) is 4.74 Å². The first kappa shape index (κ1) is 20.7. The Morgan fingerprint density at radius 3 is 2.43 bits per heavy atom. The lowest BCUT2D eigenvalue weighted by Gasteiger charge is -2.13. The summed E-state index contributed by atoms with van der Waals surface area (Å²) in [6.45, 7) is 4.19. The standard InChI is InChI=1S/C22H23N3O3/c1-3-24-21(26)15-28-20-11-9-17(10-12-20)13-19(14-23)22(27)25-16(2)18-7-5-4-6-8-18/h4-13,16H,3,15H2,1-2H3,(H,24,26)(H,25,27). The fourth-order valence-electron chi connectivity index (χ4n) is 2.47. The summed E-state index contributed by atoms with van der Waals surface area (Å²) in [6, 6.07) is 18.1. The van der Waals surface area contributed by atoms with Crippen molar-refractivity contribution in [2.75, 3.05) is 13.2 Å². The summed E-state index contributed by atoms with van der Waals surface area (Å²) >= 11 is 0. The molecular formula is C22H23N3O3. The van der Waals surface area contributed by atoms with E-state index in [1.165, 1.54) is 6.08 Å². The van der Waals surface area contributed by atoms with Gasteiger partial charge in [-0.05, 0) is 43.2 Å². The lowest BCUT2D eigenvalue weighted by Crippen LogP contribution is -2.28. The maximum absolute atomic E-state index is 12.4. The SMILES string of the molecule is CCNC(=O)COc1ccc(C=C(C#N)C(=O)NC(C)c2ccccc2)cc1. The van der Waals surface area contributed by atoms with Gasteiger partial charge in [0.25, 0.3) is 11.8 Å². The van der Waals surface area contributed by atoms with Gasteiger partial charge in [0.15, 0.2) is 6.61 Å². The summed E-state index contributed by atoms with van der Waals surface area (Å²) in [5, 5.41) is 14.8. The maximum atomic E-state index is 12.4. The highest BCUT2D eigenvalue weighted by atomic mass is 16.5. The molecule has 6 heteroatoms. The Balaban J connectivity index is 2.00. The van der Waals surface area contributed by atoms with Gasteiger partial charge in [0.2, 0.25) is 0 Å². The van der Waals surface area contributed by atoms with Gasteiger partial charge in [-0.1, -0.05) is 42.5 Å². The fourth-order valence-corrected chi connectivity index (χ4v) is 2.47. The number of nitrogens with zero attached hydrogens (tertiary/aromatic N) is 1. The number of carbonyl (C=O) groups is 2. The number of nitriles is 1. The van der Waals surface area contributed by atoms with Crippen LogP contribution in [0.4, 0.5) is 0 Å². The van der Waals surface area contributed by atoms with Crippen molar-refractivity contribution in [3.8, 4) is 11.8 Å². The lowest BCUT2D eigenvalue weighted by molar-refractivity contribution is -0.123. The minimum atomic E-state index is -0.435. The van der Waals surface area contributed by atoms with E-state index in [2.05, 4.69) is 10.6 Å². The predicted molar refractivity (Wildman–Crippen MR) is 107 cm³/mol. The second-order valence-electron chi connectivity index (χ2n) is 6.09. The van der Waals surface area contributed by atoms with Gasteiger partial charge in [-0.15, -0.1) is 0 Å². The molecule has 6 nitrogen and oxygen atoms in total. The van der Waals surface area contributed by atoms with E-state index >= 15 is 0 Å². The van der Waals surface area contributed by atoms with E-state index in [1.54, 1.807) is 24.3 Å². The van der Waals surface area contributed by atoms with Gasteiger partial charge >= 0.3 is 0 Å². The number of nitrogens with one attached hydrogen (secondary N) is 2. The number of amides is 2. The highest BCUT2D eigenvalue weighted by molar-refractivity contribution is 6.01. The van der Waals surface area contributed by atoms with Gasteiger partial charge < -0.3 is 15.4 Å². The summed E-state index contributed by atoms with van der Waals surface area (Å²) in [4.78, 5) is 23.8. The van der Waals surface area contributed by atoms with E-state index in [-0.39, 0.29) is 24.1 Å². The molecule has 0 radical (unpaired) electrons. The van der Waals surface area contributed by atoms with Crippen LogP contribution in [-0.4, -0.2) is 25.0 Å². The van der Waals surface area contributed by atoms with Crippen LogP contribution >= 0.6 is 0 Å². The highest BCUT2D eigenvalue weighted by Crippen LogP contribution is 2.16. The molecule has 0 spiro atoms. The molecule has 1 unspecified atom stereocenters. The second-order valence-corrected chi connectivity index (χ2v) is 6.09. The molecule has 0 saturated heterocycles. The highest BCUT2D eigenvalue weighted by Gasteiger charge is 2.13. The molecule has 1 atom stereocenters. The molecule has 2 rings (SSSR count). The van der Waals surface area contributed by atoms with Crippen LogP contribution in [0.1, 0.15) is 31.0 Å². The van der Waals surface area contributed by atoms with Crippen LogP contribution in [-0.2, 0) is 9.59 Å². The van der Waals surface area contributed by atoms with E-state index in [0.717, 1.165) is 5.56 Å². The third-order valence-corrected chi connectivity index (χ3v) is 3.95. The van der Waals surface area contributed by atoms with Crippen LogP contribution in [0.2, 0.25) is 0 Å². The number of benzene rings is 2. The van der Waals surface area contributed by atoms with Gasteiger partial charge in [-0.3, -0.25) is 9.59 Å². The molecule has 0 aliphatic rings. The third-order valence-electron chi connectivity index (χ3n) is 3.95. The van der Waals surface area contributed by atoms with Crippen molar-refractivity contribution in [1.82, 2.24) is 10.6 Å². The van der Waals surface area contributed by atoms with Crippen LogP contribution in [0, 0.1) is 11.3 Å². The van der Waals surface area contributed by atoms with Crippen molar-refractivity contribution in [2.24, 2.45) is 0 Å². The largest absolute Gasteiger partial charge is 0.484 e. The zero-order chi connectivity index (χ0) is 20.4. The zero-order valence-electron chi connectivity index (χ0n) is 15.9. The van der Waals surface area contributed by atoms with E-state index in [9.17, 15) is 14.9 Å². The Morgan fingerprint density at radius 2 is 1.82 bits per heavy atom. The molecule has 0 fully saturated rings. The van der Waals surface area contributed by atoms with Crippen molar-refractivity contribution < 1.29 is 14.3 Å². The summed E-state index contributed by atoms with van der Waals surface area (Å²) in [5.41, 5.74) is 1.66. The first-order valence-electron chi connectivity index (χ1n) is 9.00. The molecule has 2 amide bonds. The zero-order valence-corrected chi connectivity index (χ0v) is 15.9. The monoisotopic (exact) mass is 377 g/mol. The molecule has 2 aromatic rings. The third kappa shape index (κ3) is 6.29. The fraction of sp³-hybridized carbons (Fsp3) is 0.227. The number of rotatable bonds is 8. The second kappa shape index (κ2) is 10.5. The molecule has 0 aliphatic carbocycles. The molecule has 144 valence electrons. The lowest BCUT2D eigenvalue weighted by atomic mass is 10.1. The minimum absolute atomic E-state index is 0.0128. The number of ether oxygens (including phenoxy) is 1. The van der Waals surface area contributed by atoms with Gasteiger partial charge in [-0.2, -0.15) is 5.26 Å². The number of hydrogen-bond donors (Lipinski definition) is 2. The molecule has 2 aromatic carbocycles. The van der Waals surface area contributed by atoms with Crippen LogP contribution < -0.4 is 15.4 Å². The van der Waals surface area contributed by atoms with E-state index < -0.39 is 5.91 Å². The normalized spacial score (nSPS) is 11.8. The average molecular weight is 377 g/mol. The summed E-state index contributed by atoms with van der Waals surface area (Å²) in [5.74, 6) is -0.0954. The van der Waals surface area contributed by atoms with Crippen molar-refractivity contribution in [3.63, 3.8) is 0 Å². The topological polar surface area (TPSA) is 91.2 Å². The number of hydrogen-bond acceptors (Lipinski definition) is 4. The summed E-state index contributed by atoms with van der Waals surface area (Å²) < 4.78 is 5.38. The van der Waals surface area contributed by atoms with E-state index in [0.29, 0.717) is 17.9 Å². The van der Waals surface area contributed by atoms with Crippen LogP contribution in [0.15, 0.2) is 60.2 Å². The molecule has 0 aromatic heterocycles. The smallest absolute Gasteiger partial charge is 0.262 e. The van der Waals surface area contributed by atoms with Crippen molar-refractivity contribution >= 4 is 17.9 Å². The van der Waals surface area contributed by atoms with Gasteiger partial charge in [0.1, 0.15) is 17.4 Å². The molecule has 2 N–H and O–H groups in total. The average Bonchev–Trinajstić information content (AvgIpc) is 2.72. The molecule has 0 aliphatic heterocycles. The molecule has 0 heterocycles. The van der Waals surface area contributed by atoms with Gasteiger partial charge in [0.05, 0.1) is 6.04 Å². The molecular weight excluding hydrogens is 354 g/mol. The maximum Gasteiger partial charge on any atom is 0.262 e. The van der Waals surface area contributed by atoms with E-state index in [1.807, 2.05) is 50.2 Å². The predicted octanol–water partition coefficient (Wildman–Crippen LogP) is 2.99. The molecule has 0 bridgehead atoms. The van der Waals surface area contributed by atoms with Crippen molar-refractivity contribution in [3.05, 3.63) is 71.3 Å². The minimum Gasteiger partial charge on any atom is -0.484 e. The Bertz CT molecular complexity index is 868. The van der Waals surface area contributed by atoms with Gasteiger partial charge in [0, 0.05) is 6.54 Å². The van der Waals surface area contributed by atoms with Crippen molar-refractivity contribution in [1.29, 1.82) is 5.26 Å². The number of likely N-dealkylation sites (N-methyl/N-ethyl adjacent to an activating group) is 1. The Kier molecular flexibility index (Phi) is 7.79. The number of carbonyl (C=O) groups excluding carboxylic acids is 2. The van der Waals surface area contributed by atoms with Crippen LogP contribution in [0.3, 0.4) is 0 Å². The van der Waals surface area contributed by atoms with Crippen LogP contribution in [0.5, 0.6) is 5.75 Å². The Labute approximate surface area is 164 Å². The van der Waals surface area contributed by atoms with Crippen LogP contribution in [0.25, 0.3) is 6.08 Å². The first-order valence-corrected chi connectivity index (χ1v) is 9.00. The molecule has 28 heavy (non-hydrogen) atoms. The Morgan fingerprint density at radius 1 is 1.14 bits per heavy atom. The summed E-state index contributed by atoms with van der Waals surface area (Å²) in [7, 11) is 0. The molecule has 0 saturated carbocycles. The van der Waals surface area contributed by atoms with Gasteiger partial charge in [-0.25, -0.2) is 0 Å².